The van der Waals surface area contributed by atoms with E-state index < -0.39 is 11.7 Å². The van der Waals surface area contributed by atoms with Gasteiger partial charge in [0.05, 0.1) is 11.3 Å². The van der Waals surface area contributed by atoms with E-state index in [0.29, 0.717) is 0 Å². The van der Waals surface area contributed by atoms with Crippen LogP contribution in [0.25, 0.3) is 6.08 Å². The quantitative estimate of drug-likeness (QED) is 0.634. The summed E-state index contributed by atoms with van der Waals surface area (Å²) in [4.78, 5) is 0. The number of halogens is 3. The fraction of sp³-hybridized carbons (Fsp3) is 0.0625. The fourth-order valence-electron chi connectivity index (χ4n) is 1.64. The molecule has 0 fully saturated rings. The first-order chi connectivity index (χ1) is 10.1. The smallest absolute Gasteiger partial charge is 0.279 e. The number of benzene rings is 2. The second-order valence-electron chi connectivity index (χ2n) is 4.24. The molecular formula is C16H13F3N2. The molecule has 0 atom stereocenters. The van der Waals surface area contributed by atoms with Gasteiger partial charge in [0.15, 0.2) is 0 Å². The number of hydrazone groups is 1. The molecule has 2 aromatic rings. The van der Waals surface area contributed by atoms with Gasteiger partial charge in [-0.05, 0) is 29.8 Å². The topological polar surface area (TPSA) is 24.4 Å². The predicted molar refractivity (Wildman–Crippen MR) is 79.0 cm³/mol. The fourth-order valence-corrected chi connectivity index (χ4v) is 1.64. The summed E-state index contributed by atoms with van der Waals surface area (Å²) in [5.74, 6) is 0. The van der Waals surface area contributed by atoms with Gasteiger partial charge in [-0.15, -0.1) is 0 Å². The number of rotatable bonds is 4. The molecule has 0 saturated heterocycles. The van der Waals surface area contributed by atoms with E-state index in [0.717, 1.165) is 17.7 Å². The Kier molecular flexibility index (Phi) is 4.77. The minimum atomic E-state index is -4.35. The van der Waals surface area contributed by atoms with Crippen LogP contribution in [0.3, 0.4) is 0 Å². The third-order valence-electron chi connectivity index (χ3n) is 2.63. The lowest BCUT2D eigenvalue weighted by Crippen LogP contribution is -2.05. The lowest BCUT2D eigenvalue weighted by molar-refractivity contribution is -0.137. The second-order valence-corrected chi connectivity index (χ2v) is 4.24. The normalized spacial score (nSPS) is 12.1. The highest BCUT2D eigenvalue weighted by atomic mass is 19.4. The van der Waals surface area contributed by atoms with Crippen LogP contribution in [0.5, 0.6) is 0 Å². The minimum absolute atomic E-state index is 0.286. The number of nitrogens with zero attached hydrogens (tertiary/aromatic N) is 1. The molecule has 0 heterocycles. The molecule has 0 aliphatic carbocycles. The summed E-state index contributed by atoms with van der Waals surface area (Å²) in [6.07, 6.45) is 0.676. The monoisotopic (exact) mass is 290 g/mol. The molecule has 0 saturated carbocycles. The number of hydrogen-bond donors (Lipinski definition) is 1. The van der Waals surface area contributed by atoms with Gasteiger partial charge in [-0.3, -0.25) is 5.43 Å². The van der Waals surface area contributed by atoms with Crippen LogP contribution in [-0.2, 0) is 6.18 Å². The summed E-state index contributed by atoms with van der Waals surface area (Å²) in [5, 5.41) is 3.85. The third kappa shape index (κ3) is 4.80. The highest BCUT2D eigenvalue weighted by molar-refractivity contribution is 5.78. The summed E-state index contributed by atoms with van der Waals surface area (Å²) >= 11 is 0. The number of anilines is 1. The Hall–Kier alpha value is -2.56. The summed E-state index contributed by atoms with van der Waals surface area (Å²) in [6.45, 7) is 0. The summed E-state index contributed by atoms with van der Waals surface area (Å²) in [7, 11) is 0. The van der Waals surface area contributed by atoms with Gasteiger partial charge >= 0.3 is 6.18 Å². The predicted octanol–water partition coefficient (Wildman–Crippen LogP) is 4.82. The van der Waals surface area contributed by atoms with Crippen molar-refractivity contribution < 1.29 is 13.2 Å². The molecular weight excluding hydrogens is 277 g/mol. The first kappa shape index (κ1) is 14.8. The number of allylic oxidation sites excluding steroid dienone is 1. The van der Waals surface area contributed by atoms with Crippen LogP contribution in [0.4, 0.5) is 18.9 Å². The summed E-state index contributed by atoms with van der Waals surface area (Å²) in [5.41, 5.74) is 3.16. The van der Waals surface area contributed by atoms with Gasteiger partial charge < -0.3 is 0 Å². The summed E-state index contributed by atoms with van der Waals surface area (Å²) < 4.78 is 37.6. The molecule has 108 valence electrons. The van der Waals surface area contributed by atoms with Gasteiger partial charge in [0, 0.05) is 6.21 Å². The highest BCUT2D eigenvalue weighted by Crippen LogP contribution is 2.30. The van der Waals surface area contributed by atoms with Crippen molar-refractivity contribution >= 4 is 18.0 Å². The molecule has 2 nitrogen and oxygen atoms in total. The molecule has 0 unspecified atom stereocenters. The van der Waals surface area contributed by atoms with Crippen LogP contribution in [0, 0.1) is 0 Å². The van der Waals surface area contributed by atoms with Crippen molar-refractivity contribution in [2.45, 2.75) is 6.18 Å². The van der Waals surface area contributed by atoms with Crippen molar-refractivity contribution in [3.63, 3.8) is 0 Å². The number of alkyl halides is 3. The molecule has 0 amide bonds. The largest absolute Gasteiger partial charge is 0.416 e. The molecule has 21 heavy (non-hydrogen) atoms. The Morgan fingerprint density at radius 2 is 1.71 bits per heavy atom. The van der Waals surface area contributed by atoms with E-state index in [2.05, 4.69) is 10.5 Å². The molecule has 2 aromatic carbocycles. The van der Waals surface area contributed by atoms with Crippen molar-refractivity contribution in [3.8, 4) is 0 Å². The van der Waals surface area contributed by atoms with E-state index in [1.54, 1.807) is 6.08 Å². The molecule has 1 N–H and O–H groups in total. The molecule has 0 aromatic heterocycles. The maximum absolute atomic E-state index is 12.5. The van der Waals surface area contributed by atoms with Gasteiger partial charge in [0.1, 0.15) is 0 Å². The number of nitrogens with one attached hydrogen (secondary N) is 1. The average Bonchev–Trinajstić information content (AvgIpc) is 2.47. The van der Waals surface area contributed by atoms with E-state index in [4.69, 9.17) is 0 Å². The van der Waals surface area contributed by atoms with Crippen LogP contribution in [0.15, 0.2) is 65.8 Å². The SMILES string of the molecule is FC(F)(F)c1cccc(NN=C/C=C/c2ccccc2)c1. The lowest BCUT2D eigenvalue weighted by atomic mass is 10.2. The second kappa shape index (κ2) is 6.74. The van der Waals surface area contributed by atoms with Crippen molar-refractivity contribution in [1.82, 2.24) is 0 Å². The third-order valence-corrected chi connectivity index (χ3v) is 2.63. The molecule has 0 radical (unpaired) electrons. The van der Waals surface area contributed by atoms with Gasteiger partial charge in [0.2, 0.25) is 0 Å². The van der Waals surface area contributed by atoms with Crippen molar-refractivity contribution in [3.05, 3.63) is 71.8 Å². The van der Waals surface area contributed by atoms with Gasteiger partial charge in [-0.2, -0.15) is 18.3 Å². The van der Waals surface area contributed by atoms with Crippen molar-refractivity contribution in [1.29, 1.82) is 0 Å². The van der Waals surface area contributed by atoms with E-state index in [1.807, 2.05) is 36.4 Å². The first-order valence-electron chi connectivity index (χ1n) is 6.24. The molecule has 5 heteroatoms. The van der Waals surface area contributed by atoms with Gasteiger partial charge in [0.25, 0.3) is 0 Å². The van der Waals surface area contributed by atoms with Crippen LogP contribution in [0.1, 0.15) is 11.1 Å². The average molecular weight is 290 g/mol. The standard InChI is InChI=1S/C16H13F3N2/c17-16(18,19)14-9-4-10-15(12-14)21-20-11-5-8-13-6-2-1-3-7-13/h1-12,21H/b8-5+,20-11?. The molecule has 0 aliphatic rings. The lowest BCUT2D eigenvalue weighted by Gasteiger charge is -2.07. The minimum Gasteiger partial charge on any atom is -0.279 e. The Labute approximate surface area is 120 Å². The summed E-state index contributed by atoms with van der Waals surface area (Å²) in [6, 6.07) is 14.5. The van der Waals surface area contributed by atoms with E-state index >= 15 is 0 Å². The van der Waals surface area contributed by atoms with E-state index in [-0.39, 0.29) is 5.69 Å². The maximum atomic E-state index is 12.5. The van der Waals surface area contributed by atoms with E-state index in [1.165, 1.54) is 18.3 Å². The molecule has 2 rings (SSSR count). The molecule has 0 bridgehead atoms. The van der Waals surface area contributed by atoms with E-state index in [9.17, 15) is 13.2 Å². The Morgan fingerprint density at radius 1 is 0.952 bits per heavy atom. The highest BCUT2D eigenvalue weighted by Gasteiger charge is 2.30. The maximum Gasteiger partial charge on any atom is 0.416 e. The Balaban J connectivity index is 1.94. The Bertz CT molecular complexity index is 631. The van der Waals surface area contributed by atoms with Gasteiger partial charge in [-0.1, -0.05) is 42.5 Å². The van der Waals surface area contributed by atoms with Crippen LogP contribution in [-0.4, -0.2) is 6.21 Å². The van der Waals surface area contributed by atoms with Crippen LogP contribution < -0.4 is 5.43 Å². The van der Waals surface area contributed by atoms with Crippen LogP contribution in [0.2, 0.25) is 0 Å². The zero-order valence-corrected chi connectivity index (χ0v) is 11.0. The zero-order valence-electron chi connectivity index (χ0n) is 11.0. The first-order valence-corrected chi connectivity index (χ1v) is 6.24. The number of hydrogen-bond acceptors (Lipinski definition) is 2. The van der Waals surface area contributed by atoms with Crippen LogP contribution >= 0.6 is 0 Å². The molecule has 0 aliphatic heterocycles. The zero-order chi connectivity index (χ0) is 15.1. The van der Waals surface area contributed by atoms with Crippen molar-refractivity contribution in [2.75, 3.05) is 5.43 Å². The Morgan fingerprint density at radius 3 is 2.43 bits per heavy atom. The van der Waals surface area contributed by atoms with Gasteiger partial charge in [-0.25, -0.2) is 0 Å². The molecule has 0 spiro atoms. The van der Waals surface area contributed by atoms with Crippen molar-refractivity contribution in [2.24, 2.45) is 5.10 Å².